The van der Waals surface area contributed by atoms with Crippen molar-refractivity contribution in [3.8, 4) is 5.75 Å². The normalized spacial score (nSPS) is 21.8. The Morgan fingerprint density at radius 1 is 1.15 bits per heavy atom. The average Bonchev–Trinajstić information content (AvgIpc) is 2.39. The molecule has 0 spiro atoms. The lowest BCUT2D eigenvalue weighted by atomic mass is 9.93. The highest BCUT2D eigenvalue weighted by Gasteiger charge is 2.28. The van der Waals surface area contributed by atoms with Crippen molar-refractivity contribution >= 4 is 16.5 Å². The molecule has 3 nitrogen and oxygen atoms in total. The number of rotatable bonds is 2. The first-order valence-electron chi connectivity index (χ1n) is 7.16. The Labute approximate surface area is 119 Å². The van der Waals surface area contributed by atoms with Gasteiger partial charge in [-0.25, -0.2) is 0 Å². The van der Waals surface area contributed by atoms with Crippen LogP contribution in [0, 0.1) is 0 Å². The summed E-state index contributed by atoms with van der Waals surface area (Å²) in [5.74, 6) is 0.332. The topological polar surface area (TPSA) is 41.5 Å². The quantitative estimate of drug-likeness (QED) is 0.870. The fourth-order valence-corrected chi connectivity index (χ4v) is 2.99. The maximum atomic E-state index is 9.94. The van der Waals surface area contributed by atoms with Gasteiger partial charge in [-0.2, -0.15) is 0 Å². The van der Waals surface area contributed by atoms with Gasteiger partial charge in [0.15, 0.2) is 0 Å². The van der Waals surface area contributed by atoms with E-state index >= 15 is 0 Å². The molecule has 2 aromatic rings. The van der Waals surface area contributed by atoms with E-state index in [0.717, 1.165) is 35.9 Å². The minimum atomic E-state index is -0.0668. The molecule has 1 fully saturated rings. The number of anilines is 1. The molecule has 106 valence electrons. The average molecular weight is 271 g/mol. The molecule has 0 aliphatic carbocycles. The molecule has 3 rings (SSSR count). The molecular formula is C17H21NO2. The van der Waals surface area contributed by atoms with Gasteiger partial charge in [-0.05, 0) is 38.8 Å². The summed E-state index contributed by atoms with van der Waals surface area (Å²) in [6.45, 7) is 5.06. The van der Waals surface area contributed by atoms with Crippen molar-refractivity contribution < 1.29 is 9.84 Å². The van der Waals surface area contributed by atoms with Crippen LogP contribution in [-0.4, -0.2) is 23.4 Å². The van der Waals surface area contributed by atoms with E-state index in [2.05, 4.69) is 25.2 Å². The van der Waals surface area contributed by atoms with E-state index < -0.39 is 0 Å². The zero-order chi connectivity index (χ0) is 14.2. The van der Waals surface area contributed by atoms with E-state index in [1.165, 1.54) is 0 Å². The van der Waals surface area contributed by atoms with Crippen molar-refractivity contribution in [1.82, 2.24) is 0 Å². The van der Waals surface area contributed by atoms with Crippen molar-refractivity contribution in [3.63, 3.8) is 0 Å². The second-order valence-corrected chi connectivity index (χ2v) is 6.12. The Morgan fingerprint density at radius 2 is 1.90 bits per heavy atom. The highest BCUT2D eigenvalue weighted by molar-refractivity contribution is 5.97. The van der Waals surface area contributed by atoms with Gasteiger partial charge in [0.1, 0.15) is 5.75 Å². The van der Waals surface area contributed by atoms with E-state index in [1.807, 2.05) is 24.3 Å². The van der Waals surface area contributed by atoms with E-state index in [9.17, 15) is 5.11 Å². The Hall–Kier alpha value is -1.74. The molecule has 1 heterocycles. The van der Waals surface area contributed by atoms with Crippen LogP contribution >= 0.6 is 0 Å². The van der Waals surface area contributed by atoms with Crippen LogP contribution in [0.1, 0.15) is 26.7 Å². The van der Waals surface area contributed by atoms with Gasteiger partial charge in [0.2, 0.25) is 0 Å². The summed E-state index contributed by atoms with van der Waals surface area (Å²) >= 11 is 0. The van der Waals surface area contributed by atoms with Crippen molar-refractivity contribution in [2.24, 2.45) is 0 Å². The first kappa shape index (κ1) is 13.3. The van der Waals surface area contributed by atoms with Gasteiger partial charge in [0.05, 0.1) is 5.60 Å². The van der Waals surface area contributed by atoms with Crippen molar-refractivity contribution in [2.45, 2.75) is 38.3 Å². The lowest BCUT2D eigenvalue weighted by Crippen LogP contribution is -2.40. The van der Waals surface area contributed by atoms with E-state index in [1.54, 1.807) is 6.07 Å². The lowest BCUT2D eigenvalue weighted by Gasteiger charge is -2.36. The Kier molecular flexibility index (Phi) is 3.30. The van der Waals surface area contributed by atoms with Crippen LogP contribution in [0.2, 0.25) is 0 Å². The van der Waals surface area contributed by atoms with Gasteiger partial charge in [0, 0.05) is 29.1 Å². The molecule has 0 radical (unpaired) electrons. The predicted octanol–water partition coefficient (Wildman–Crippen LogP) is 3.91. The predicted molar refractivity (Wildman–Crippen MR) is 82.3 cm³/mol. The van der Waals surface area contributed by atoms with Crippen molar-refractivity contribution in [1.29, 1.82) is 0 Å². The summed E-state index contributed by atoms with van der Waals surface area (Å²) in [5.41, 5.74) is 1.02. The third kappa shape index (κ3) is 2.59. The van der Waals surface area contributed by atoms with Crippen LogP contribution in [-0.2, 0) is 4.74 Å². The fraction of sp³-hybridized carbons (Fsp3) is 0.412. The van der Waals surface area contributed by atoms with Crippen LogP contribution in [0.3, 0.4) is 0 Å². The summed E-state index contributed by atoms with van der Waals surface area (Å²) in [6.07, 6.45) is 2.00. The molecule has 2 N–H and O–H groups in total. The summed E-state index contributed by atoms with van der Waals surface area (Å²) < 4.78 is 5.76. The SMILES string of the molecule is CC1(C)CC(Nc2cccc3c(O)cccc23)CCO1. The Morgan fingerprint density at radius 3 is 2.70 bits per heavy atom. The standard InChI is InChI=1S/C17H21NO2/c1-17(2)11-12(9-10-20-17)18-15-7-3-6-14-13(15)5-4-8-16(14)19/h3-8,12,18-19H,9-11H2,1-2H3. The molecule has 3 heteroatoms. The highest BCUT2D eigenvalue weighted by atomic mass is 16.5. The molecule has 1 atom stereocenters. The molecule has 0 saturated carbocycles. The Balaban J connectivity index is 1.89. The van der Waals surface area contributed by atoms with Crippen LogP contribution in [0.15, 0.2) is 36.4 Å². The lowest BCUT2D eigenvalue weighted by molar-refractivity contribution is -0.0553. The summed E-state index contributed by atoms with van der Waals surface area (Å²) in [7, 11) is 0. The highest BCUT2D eigenvalue weighted by Crippen LogP contribution is 2.32. The smallest absolute Gasteiger partial charge is 0.123 e. The number of nitrogens with one attached hydrogen (secondary N) is 1. The summed E-state index contributed by atoms with van der Waals surface area (Å²) in [5, 5.41) is 15.5. The van der Waals surface area contributed by atoms with Gasteiger partial charge >= 0.3 is 0 Å². The minimum absolute atomic E-state index is 0.0668. The van der Waals surface area contributed by atoms with Gasteiger partial charge in [-0.15, -0.1) is 0 Å². The van der Waals surface area contributed by atoms with Gasteiger partial charge < -0.3 is 15.2 Å². The molecule has 20 heavy (non-hydrogen) atoms. The summed E-state index contributed by atoms with van der Waals surface area (Å²) in [4.78, 5) is 0. The zero-order valence-electron chi connectivity index (χ0n) is 12.0. The molecule has 1 aliphatic heterocycles. The monoisotopic (exact) mass is 271 g/mol. The third-order valence-corrected chi connectivity index (χ3v) is 3.96. The molecule has 1 unspecified atom stereocenters. The third-order valence-electron chi connectivity index (χ3n) is 3.96. The molecule has 2 aromatic carbocycles. The van der Waals surface area contributed by atoms with Crippen LogP contribution < -0.4 is 5.32 Å². The first-order valence-corrected chi connectivity index (χ1v) is 7.16. The molecule has 0 bridgehead atoms. The number of fused-ring (bicyclic) bond motifs is 1. The largest absolute Gasteiger partial charge is 0.507 e. The van der Waals surface area contributed by atoms with E-state index in [-0.39, 0.29) is 5.60 Å². The molecule has 0 amide bonds. The van der Waals surface area contributed by atoms with E-state index in [0.29, 0.717) is 11.8 Å². The fourth-order valence-electron chi connectivity index (χ4n) is 2.99. The number of phenols is 1. The van der Waals surface area contributed by atoms with Gasteiger partial charge in [-0.1, -0.05) is 24.3 Å². The maximum Gasteiger partial charge on any atom is 0.123 e. The second kappa shape index (κ2) is 4.98. The molecule has 1 saturated heterocycles. The van der Waals surface area contributed by atoms with Crippen LogP contribution in [0.4, 0.5) is 5.69 Å². The maximum absolute atomic E-state index is 9.94. The summed E-state index contributed by atoms with van der Waals surface area (Å²) in [6, 6.07) is 12.1. The molecule has 0 aromatic heterocycles. The van der Waals surface area contributed by atoms with Crippen LogP contribution in [0.5, 0.6) is 5.75 Å². The first-order chi connectivity index (χ1) is 9.55. The number of ether oxygens (including phenoxy) is 1. The van der Waals surface area contributed by atoms with E-state index in [4.69, 9.17) is 4.74 Å². The number of hydrogen-bond acceptors (Lipinski definition) is 3. The second-order valence-electron chi connectivity index (χ2n) is 6.12. The van der Waals surface area contributed by atoms with Crippen LogP contribution in [0.25, 0.3) is 10.8 Å². The minimum Gasteiger partial charge on any atom is -0.507 e. The Bertz CT molecular complexity index is 621. The number of aromatic hydroxyl groups is 1. The number of phenolic OH excluding ortho intramolecular Hbond substituents is 1. The van der Waals surface area contributed by atoms with Crippen molar-refractivity contribution in [2.75, 3.05) is 11.9 Å². The number of hydrogen-bond donors (Lipinski definition) is 2. The number of benzene rings is 2. The van der Waals surface area contributed by atoms with Crippen molar-refractivity contribution in [3.05, 3.63) is 36.4 Å². The van der Waals surface area contributed by atoms with Gasteiger partial charge in [0.25, 0.3) is 0 Å². The molecular weight excluding hydrogens is 250 g/mol. The molecule has 1 aliphatic rings. The van der Waals surface area contributed by atoms with Gasteiger partial charge in [-0.3, -0.25) is 0 Å². The zero-order valence-corrected chi connectivity index (χ0v) is 12.0.